The van der Waals surface area contributed by atoms with Gasteiger partial charge in [-0.25, -0.2) is 14.8 Å². The number of hydrogen-bond acceptors (Lipinski definition) is 5. The molecule has 1 unspecified atom stereocenters. The van der Waals surface area contributed by atoms with Crippen molar-refractivity contribution in [3.63, 3.8) is 0 Å². The van der Waals surface area contributed by atoms with Crippen LogP contribution in [0.4, 0.5) is 11.6 Å². The number of aliphatic carboxylic acids is 1. The van der Waals surface area contributed by atoms with Gasteiger partial charge in [-0.3, -0.25) is 4.79 Å². The molecule has 0 aliphatic heterocycles. The fourth-order valence-corrected chi connectivity index (χ4v) is 3.64. The van der Waals surface area contributed by atoms with Crippen LogP contribution in [0.5, 0.6) is 0 Å². The molecule has 3 aromatic rings. The van der Waals surface area contributed by atoms with Gasteiger partial charge in [-0.05, 0) is 48.2 Å². The van der Waals surface area contributed by atoms with Crippen LogP contribution < -0.4 is 10.6 Å². The molecule has 0 fully saturated rings. The Labute approximate surface area is 236 Å². The number of carboxylic acids is 1. The summed E-state index contributed by atoms with van der Waals surface area (Å²) in [5.74, 6) is -0.981. The van der Waals surface area contributed by atoms with E-state index in [1.165, 1.54) is 12.1 Å². The second kappa shape index (κ2) is 13.6. The van der Waals surface area contributed by atoms with Gasteiger partial charge in [0.05, 0.1) is 15.6 Å². The SMILES string of the molecule is CC(C)c1ccnc(Nc2ccc(C=CCC(NC(=O)c3c(Cl)cccc3Cl)C(=O)O)cc2)n1.[NaH]. The fourth-order valence-electron chi connectivity index (χ4n) is 3.07. The van der Waals surface area contributed by atoms with Gasteiger partial charge in [0, 0.05) is 17.6 Å². The quantitative estimate of drug-likeness (QED) is 0.330. The minimum absolute atomic E-state index is 0. The van der Waals surface area contributed by atoms with E-state index in [1.807, 2.05) is 30.3 Å². The molecule has 1 amide bonds. The monoisotopic (exact) mass is 522 g/mol. The van der Waals surface area contributed by atoms with Crippen molar-refractivity contribution in [1.82, 2.24) is 15.3 Å². The number of aromatic nitrogens is 2. The van der Waals surface area contributed by atoms with E-state index in [0.29, 0.717) is 11.9 Å². The molecule has 10 heteroatoms. The summed E-state index contributed by atoms with van der Waals surface area (Å²) in [7, 11) is 0. The van der Waals surface area contributed by atoms with Crippen molar-refractivity contribution >= 4 is 82.3 Å². The first-order chi connectivity index (χ1) is 16.2. The summed E-state index contributed by atoms with van der Waals surface area (Å²) in [4.78, 5) is 32.9. The number of nitrogens with one attached hydrogen (secondary N) is 2. The predicted octanol–water partition coefficient (Wildman–Crippen LogP) is 5.29. The zero-order valence-electron chi connectivity index (χ0n) is 18.6. The number of carbonyl (C=O) groups excluding carboxylic acids is 1. The molecule has 0 saturated heterocycles. The zero-order valence-corrected chi connectivity index (χ0v) is 20.1. The van der Waals surface area contributed by atoms with Crippen LogP contribution >= 0.6 is 23.2 Å². The molecule has 1 atom stereocenters. The topological polar surface area (TPSA) is 104 Å². The second-order valence-corrected chi connectivity index (χ2v) is 8.62. The number of nitrogens with zero attached hydrogens (tertiary/aromatic N) is 2. The number of halogens is 2. The van der Waals surface area contributed by atoms with Gasteiger partial charge in [0.2, 0.25) is 5.95 Å². The Kier molecular flexibility index (Phi) is 11.2. The fraction of sp³-hybridized carbons (Fsp3) is 0.200. The van der Waals surface area contributed by atoms with E-state index in [1.54, 1.807) is 24.4 Å². The van der Waals surface area contributed by atoms with Crippen LogP contribution in [0.25, 0.3) is 6.08 Å². The van der Waals surface area contributed by atoms with E-state index in [2.05, 4.69) is 34.4 Å². The number of benzene rings is 2. The van der Waals surface area contributed by atoms with E-state index >= 15 is 0 Å². The summed E-state index contributed by atoms with van der Waals surface area (Å²) in [5, 5.41) is 15.4. The summed E-state index contributed by atoms with van der Waals surface area (Å²) in [6.45, 7) is 4.14. The minimum atomic E-state index is -1.16. The number of carbonyl (C=O) groups is 2. The molecule has 1 heterocycles. The molecule has 0 spiro atoms. The first kappa shape index (κ1) is 28.8. The van der Waals surface area contributed by atoms with Crippen molar-refractivity contribution < 1.29 is 14.7 Å². The summed E-state index contributed by atoms with van der Waals surface area (Å²) >= 11 is 12.1. The van der Waals surface area contributed by atoms with Gasteiger partial charge in [0.1, 0.15) is 6.04 Å². The van der Waals surface area contributed by atoms with Crippen LogP contribution in [0.15, 0.2) is 60.8 Å². The molecule has 1 aromatic heterocycles. The molecule has 178 valence electrons. The van der Waals surface area contributed by atoms with Crippen molar-refractivity contribution in [1.29, 1.82) is 0 Å². The molecule has 3 rings (SSSR count). The standard InChI is InChI=1S/C25H24Cl2N4O3.Na.H/c1-15(2)20-13-14-28-25(31-20)29-17-11-9-16(10-12-17)5-3-8-21(24(33)34)30-23(32)22-18(26)6-4-7-19(22)27;;/h3-7,9-15,21H,8H2,1-2H3,(H,30,32)(H,33,34)(H,28,29,31);;. The van der Waals surface area contributed by atoms with Gasteiger partial charge < -0.3 is 15.7 Å². The van der Waals surface area contributed by atoms with Gasteiger partial charge in [-0.1, -0.05) is 67.4 Å². The number of hydrogen-bond donors (Lipinski definition) is 3. The third kappa shape index (κ3) is 8.33. The summed E-state index contributed by atoms with van der Waals surface area (Å²) < 4.78 is 0. The molecule has 7 nitrogen and oxygen atoms in total. The Bertz CT molecular complexity index is 1180. The third-order valence-electron chi connectivity index (χ3n) is 4.91. The van der Waals surface area contributed by atoms with Crippen LogP contribution in [0.3, 0.4) is 0 Å². The molecule has 2 aromatic carbocycles. The van der Waals surface area contributed by atoms with E-state index in [-0.39, 0.29) is 51.6 Å². The first-order valence-corrected chi connectivity index (χ1v) is 11.3. The van der Waals surface area contributed by atoms with E-state index in [4.69, 9.17) is 23.2 Å². The van der Waals surface area contributed by atoms with Gasteiger partial charge in [-0.2, -0.15) is 0 Å². The molecule has 0 aliphatic carbocycles. The molecule has 0 saturated carbocycles. The van der Waals surface area contributed by atoms with Crippen LogP contribution in [-0.2, 0) is 4.79 Å². The Morgan fingerprint density at radius 1 is 1.06 bits per heavy atom. The van der Waals surface area contributed by atoms with Gasteiger partial charge >= 0.3 is 35.5 Å². The summed E-state index contributed by atoms with van der Waals surface area (Å²) in [6.07, 6.45) is 5.27. The average molecular weight is 523 g/mol. The van der Waals surface area contributed by atoms with E-state index in [0.717, 1.165) is 16.9 Å². The molecule has 0 radical (unpaired) electrons. The van der Waals surface area contributed by atoms with Crippen molar-refractivity contribution in [3.8, 4) is 0 Å². The Hall–Kier alpha value is -2.42. The summed E-state index contributed by atoms with van der Waals surface area (Å²) in [6, 6.07) is 12.9. The van der Waals surface area contributed by atoms with Crippen LogP contribution in [0.2, 0.25) is 10.0 Å². The van der Waals surface area contributed by atoms with E-state index < -0.39 is 17.9 Å². The Morgan fingerprint density at radius 3 is 2.31 bits per heavy atom. The normalized spacial score (nSPS) is 11.7. The second-order valence-electron chi connectivity index (χ2n) is 7.81. The third-order valence-corrected chi connectivity index (χ3v) is 5.54. The molecule has 0 aliphatic rings. The average Bonchev–Trinajstić information content (AvgIpc) is 2.79. The molecule has 35 heavy (non-hydrogen) atoms. The van der Waals surface area contributed by atoms with Crippen molar-refractivity contribution in [2.24, 2.45) is 0 Å². The Morgan fingerprint density at radius 2 is 1.71 bits per heavy atom. The molecular formula is C25H25Cl2N4NaO3. The number of rotatable bonds is 9. The number of amides is 1. The maximum atomic E-state index is 12.5. The van der Waals surface area contributed by atoms with E-state index in [9.17, 15) is 14.7 Å². The van der Waals surface area contributed by atoms with Crippen LogP contribution in [0.1, 0.15) is 47.8 Å². The molecule has 0 bridgehead atoms. The number of anilines is 2. The summed E-state index contributed by atoms with van der Waals surface area (Å²) in [5.41, 5.74) is 2.69. The zero-order chi connectivity index (χ0) is 24.7. The molecule has 3 N–H and O–H groups in total. The van der Waals surface area contributed by atoms with Gasteiger partial charge in [-0.15, -0.1) is 0 Å². The van der Waals surface area contributed by atoms with Crippen LogP contribution in [-0.4, -0.2) is 62.6 Å². The Balaban J connectivity index is 0.00000432. The first-order valence-electron chi connectivity index (χ1n) is 10.6. The number of carboxylic acid groups (broad SMARTS) is 1. The van der Waals surface area contributed by atoms with Crippen molar-refractivity contribution in [2.45, 2.75) is 32.2 Å². The van der Waals surface area contributed by atoms with Crippen LogP contribution in [0, 0.1) is 0 Å². The van der Waals surface area contributed by atoms with Gasteiger partial charge in [0.25, 0.3) is 5.91 Å². The van der Waals surface area contributed by atoms with Crippen molar-refractivity contribution in [3.05, 3.63) is 87.7 Å². The predicted molar refractivity (Wildman–Crippen MR) is 142 cm³/mol. The van der Waals surface area contributed by atoms with Crippen molar-refractivity contribution in [2.75, 3.05) is 5.32 Å². The molecular weight excluding hydrogens is 498 g/mol. The van der Waals surface area contributed by atoms with Gasteiger partial charge in [0.15, 0.2) is 0 Å². The maximum absolute atomic E-state index is 12.5.